The molecule has 0 bridgehead atoms. The number of hydrogen-bond donors (Lipinski definition) is 3. The van der Waals surface area contributed by atoms with Crippen molar-refractivity contribution in [2.75, 3.05) is 0 Å². The molecule has 6 heteroatoms. The molecule has 3 unspecified atom stereocenters. The maximum Gasteiger partial charge on any atom is 0.318 e. The van der Waals surface area contributed by atoms with Crippen LogP contribution in [0.15, 0.2) is 36.5 Å². The molecule has 1 saturated heterocycles. The van der Waals surface area contributed by atoms with Gasteiger partial charge in [0, 0.05) is 16.8 Å². The predicted molar refractivity (Wildman–Crippen MR) is 83.7 cm³/mol. The number of carbonyl (C=O) groups is 2. The van der Waals surface area contributed by atoms with Crippen LogP contribution in [0.25, 0.3) is 0 Å². The molecule has 0 radical (unpaired) electrons. The fraction of sp³-hybridized carbons (Fsp3) is 0.444. The number of rotatable bonds is 2. The van der Waals surface area contributed by atoms with Gasteiger partial charge in [-0.05, 0) is 25.7 Å². The first kappa shape index (κ1) is 15.4. The Morgan fingerprint density at radius 2 is 1.92 bits per heavy atom. The SMILES string of the molecule is C=C1NC2(O)c3ccccc3C(=O)C2(O)C1C(=O)OC1CCCC1. The fourth-order valence-electron chi connectivity index (χ4n) is 4.18. The summed E-state index contributed by atoms with van der Waals surface area (Å²) in [6.07, 6.45) is 3.31. The van der Waals surface area contributed by atoms with E-state index < -0.39 is 29.0 Å². The standard InChI is InChI=1S/C18H19NO5/c1-10-14(16(21)24-11-6-2-3-7-11)17(22)15(20)12-8-4-5-9-13(12)18(17,23)19-10/h4-5,8-9,11,14,19,22-23H,1-3,6-7H2. The smallest absolute Gasteiger partial charge is 0.318 e. The van der Waals surface area contributed by atoms with Crippen molar-refractivity contribution >= 4 is 11.8 Å². The van der Waals surface area contributed by atoms with Gasteiger partial charge < -0.3 is 20.3 Å². The van der Waals surface area contributed by atoms with Crippen LogP contribution in [-0.2, 0) is 15.3 Å². The van der Waals surface area contributed by atoms with E-state index in [1.165, 1.54) is 6.07 Å². The van der Waals surface area contributed by atoms with Crippen molar-refractivity contribution in [2.45, 2.75) is 43.1 Å². The van der Waals surface area contributed by atoms with Gasteiger partial charge >= 0.3 is 5.97 Å². The summed E-state index contributed by atoms with van der Waals surface area (Å²) in [6.45, 7) is 3.73. The van der Waals surface area contributed by atoms with Crippen molar-refractivity contribution in [1.29, 1.82) is 0 Å². The lowest BCUT2D eigenvalue weighted by Gasteiger charge is -2.32. The summed E-state index contributed by atoms with van der Waals surface area (Å²) >= 11 is 0. The highest BCUT2D eigenvalue weighted by Gasteiger charge is 2.73. The number of carbonyl (C=O) groups excluding carboxylic acids is 2. The molecule has 126 valence electrons. The number of ketones is 1. The lowest BCUT2D eigenvalue weighted by Crippen LogP contribution is -2.57. The maximum atomic E-state index is 12.8. The van der Waals surface area contributed by atoms with Crippen LogP contribution in [0.3, 0.4) is 0 Å². The minimum absolute atomic E-state index is 0.0888. The van der Waals surface area contributed by atoms with Crippen LogP contribution >= 0.6 is 0 Å². The van der Waals surface area contributed by atoms with Gasteiger partial charge in [0.2, 0.25) is 11.5 Å². The first-order chi connectivity index (χ1) is 11.4. The quantitative estimate of drug-likeness (QED) is 0.700. The van der Waals surface area contributed by atoms with Crippen LogP contribution in [-0.4, -0.2) is 33.7 Å². The topological polar surface area (TPSA) is 95.9 Å². The van der Waals surface area contributed by atoms with E-state index in [-0.39, 0.29) is 22.9 Å². The van der Waals surface area contributed by atoms with Crippen LogP contribution < -0.4 is 5.32 Å². The van der Waals surface area contributed by atoms with E-state index in [0.29, 0.717) is 0 Å². The van der Waals surface area contributed by atoms with E-state index in [1.807, 2.05) is 0 Å². The molecule has 0 spiro atoms. The largest absolute Gasteiger partial charge is 0.462 e. The van der Waals surface area contributed by atoms with E-state index in [2.05, 4.69) is 11.9 Å². The zero-order chi connectivity index (χ0) is 17.1. The van der Waals surface area contributed by atoms with Crippen molar-refractivity contribution < 1.29 is 24.5 Å². The predicted octanol–water partition coefficient (Wildman–Crippen LogP) is 0.978. The Bertz CT molecular complexity index is 754. The number of ether oxygens (including phenoxy) is 1. The summed E-state index contributed by atoms with van der Waals surface area (Å²) in [5.74, 6) is -2.76. The van der Waals surface area contributed by atoms with Gasteiger partial charge in [-0.2, -0.15) is 0 Å². The molecule has 0 aromatic heterocycles. The summed E-state index contributed by atoms with van der Waals surface area (Å²) in [5, 5.41) is 24.8. The maximum absolute atomic E-state index is 12.8. The molecule has 4 rings (SSSR count). The molecular formula is C18H19NO5. The third-order valence-corrected chi connectivity index (χ3v) is 5.39. The molecule has 1 aromatic rings. The second-order valence-corrected chi connectivity index (χ2v) is 6.78. The molecule has 3 N–H and O–H groups in total. The summed E-state index contributed by atoms with van der Waals surface area (Å²) in [7, 11) is 0. The minimum Gasteiger partial charge on any atom is -0.462 e. The van der Waals surface area contributed by atoms with Gasteiger partial charge in [-0.3, -0.25) is 9.59 Å². The number of nitrogens with one attached hydrogen (secondary N) is 1. The molecule has 1 aliphatic heterocycles. The number of esters is 1. The highest BCUT2D eigenvalue weighted by Crippen LogP contribution is 2.53. The summed E-state index contributed by atoms with van der Waals surface area (Å²) in [5.41, 5.74) is -3.89. The minimum atomic E-state index is -2.34. The number of fused-ring (bicyclic) bond motifs is 3. The van der Waals surface area contributed by atoms with Crippen LogP contribution in [0.4, 0.5) is 0 Å². The van der Waals surface area contributed by atoms with Crippen molar-refractivity contribution in [1.82, 2.24) is 5.32 Å². The molecule has 1 saturated carbocycles. The Labute approximate surface area is 139 Å². The van der Waals surface area contributed by atoms with Crippen LogP contribution in [0, 0.1) is 5.92 Å². The molecule has 3 atom stereocenters. The second-order valence-electron chi connectivity index (χ2n) is 6.78. The number of aliphatic hydroxyl groups is 2. The highest BCUT2D eigenvalue weighted by molar-refractivity contribution is 6.11. The first-order valence-electron chi connectivity index (χ1n) is 8.16. The Kier molecular flexibility index (Phi) is 3.14. The molecule has 3 aliphatic rings. The normalized spacial score (nSPS) is 34.8. The Morgan fingerprint density at radius 3 is 2.62 bits per heavy atom. The van der Waals surface area contributed by atoms with Crippen LogP contribution in [0.2, 0.25) is 0 Å². The van der Waals surface area contributed by atoms with Crippen LogP contribution in [0.5, 0.6) is 0 Å². The lowest BCUT2D eigenvalue weighted by atomic mass is 9.81. The molecular weight excluding hydrogens is 310 g/mol. The molecule has 2 fully saturated rings. The number of hydrogen-bond acceptors (Lipinski definition) is 6. The molecule has 1 aromatic carbocycles. The summed E-state index contributed by atoms with van der Waals surface area (Å²) in [4.78, 5) is 25.5. The first-order valence-corrected chi connectivity index (χ1v) is 8.16. The lowest BCUT2D eigenvalue weighted by molar-refractivity contribution is -0.170. The van der Waals surface area contributed by atoms with Gasteiger partial charge in [0.1, 0.15) is 12.0 Å². The second kappa shape index (κ2) is 4.91. The van der Waals surface area contributed by atoms with Crippen molar-refractivity contribution in [3.8, 4) is 0 Å². The molecule has 24 heavy (non-hydrogen) atoms. The van der Waals surface area contributed by atoms with E-state index >= 15 is 0 Å². The van der Waals surface area contributed by atoms with E-state index in [9.17, 15) is 19.8 Å². The average molecular weight is 329 g/mol. The molecule has 0 amide bonds. The van der Waals surface area contributed by atoms with Gasteiger partial charge in [-0.25, -0.2) is 0 Å². The number of benzene rings is 1. The van der Waals surface area contributed by atoms with E-state index in [1.54, 1.807) is 18.2 Å². The van der Waals surface area contributed by atoms with Crippen molar-refractivity contribution in [2.24, 2.45) is 5.92 Å². The van der Waals surface area contributed by atoms with Crippen molar-refractivity contribution in [3.05, 3.63) is 47.7 Å². The highest BCUT2D eigenvalue weighted by atomic mass is 16.5. The molecule has 6 nitrogen and oxygen atoms in total. The molecule has 2 aliphatic carbocycles. The number of Topliss-reactive ketones (excluding diaryl/α,β-unsaturated/α-hetero) is 1. The van der Waals surface area contributed by atoms with E-state index in [4.69, 9.17) is 4.74 Å². The van der Waals surface area contributed by atoms with E-state index in [0.717, 1.165) is 25.7 Å². The van der Waals surface area contributed by atoms with Gasteiger partial charge in [0.05, 0.1) is 0 Å². The Hall–Kier alpha value is -2.18. The van der Waals surface area contributed by atoms with Gasteiger partial charge in [0.25, 0.3) is 0 Å². The zero-order valence-electron chi connectivity index (χ0n) is 13.1. The van der Waals surface area contributed by atoms with Crippen LogP contribution in [0.1, 0.15) is 41.6 Å². The summed E-state index contributed by atoms with van der Waals surface area (Å²) < 4.78 is 5.47. The zero-order valence-corrected chi connectivity index (χ0v) is 13.1. The fourth-order valence-corrected chi connectivity index (χ4v) is 4.18. The Balaban J connectivity index is 1.74. The van der Waals surface area contributed by atoms with Gasteiger partial charge in [-0.1, -0.05) is 30.8 Å². The summed E-state index contributed by atoms with van der Waals surface area (Å²) in [6, 6.07) is 6.38. The molecule has 1 heterocycles. The monoisotopic (exact) mass is 329 g/mol. The third kappa shape index (κ3) is 1.72. The average Bonchev–Trinajstić information content (AvgIpc) is 3.16. The third-order valence-electron chi connectivity index (χ3n) is 5.39. The van der Waals surface area contributed by atoms with Crippen molar-refractivity contribution in [3.63, 3.8) is 0 Å². The van der Waals surface area contributed by atoms with Gasteiger partial charge in [0.15, 0.2) is 5.60 Å². The Morgan fingerprint density at radius 1 is 1.25 bits per heavy atom. The van der Waals surface area contributed by atoms with Gasteiger partial charge in [-0.15, -0.1) is 0 Å².